The summed E-state index contributed by atoms with van der Waals surface area (Å²) >= 11 is 0. The zero-order chi connectivity index (χ0) is 35.5. The maximum absolute atomic E-state index is 15.1. The highest BCUT2D eigenvalue weighted by atomic mass is 31.2. The van der Waals surface area contributed by atoms with Gasteiger partial charge in [0.05, 0.1) is 12.2 Å². The number of unbranched alkanes of at least 4 members (excludes halogenated alkanes) is 2. The van der Waals surface area contributed by atoms with Gasteiger partial charge in [-0.25, -0.2) is 0 Å². The maximum atomic E-state index is 15.1. The molecule has 0 radical (unpaired) electrons. The number of benzene rings is 2. The van der Waals surface area contributed by atoms with E-state index in [4.69, 9.17) is 13.4 Å². The summed E-state index contributed by atoms with van der Waals surface area (Å²) in [5, 5.41) is 1.59. The molecule has 0 amide bonds. The lowest BCUT2D eigenvalue weighted by molar-refractivity contribution is 0.135. The highest BCUT2D eigenvalue weighted by Crippen LogP contribution is 2.59. The molecule has 48 heavy (non-hydrogen) atoms. The summed E-state index contributed by atoms with van der Waals surface area (Å²) in [7, 11) is -4.64. The molecule has 2 saturated carbocycles. The standard InChI is InChI=1S/C41H65O4PSi2/c1-29-27-34-35(39(29)44-46(42,32-21-15-12-16-22-32)33-23-17-13-18-24-33)28-37(45-48(10,11)41(7,8)9)38(34)31(3)30(2)36(40(4,5)6)25-19-14-20-26-43-47/h12-13,15-18,21-24,34-39H,1,14,19-20,25-28H2,2-11,47H3/b31-30+/t34-,35-,36+,37+,38+,39?/m0/s1. The Bertz CT molecular complexity index is 1400. The summed E-state index contributed by atoms with van der Waals surface area (Å²) in [4.78, 5) is 0. The van der Waals surface area contributed by atoms with Crippen LogP contribution in [0.3, 0.4) is 0 Å². The van der Waals surface area contributed by atoms with E-state index in [1.165, 1.54) is 30.4 Å². The topological polar surface area (TPSA) is 44.8 Å². The van der Waals surface area contributed by atoms with Gasteiger partial charge in [0, 0.05) is 23.1 Å². The molecule has 6 atom stereocenters. The third-order valence-electron chi connectivity index (χ3n) is 11.9. The molecule has 0 heterocycles. The molecule has 7 heteroatoms. The molecule has 0 aromatic heterocycles. The van der Waals surface area contributed by atoms with Crippen LogP contribution in [-0.2, 0) is 17.9 Å². The van der Waals surface area contributed by atoms with Gasteiger partial charge in [-0.3, -0.25) is 4.57 Å². The van der Waals surface area contributed by atoms with Crippen LogP contribution in [-0.4, -0.2) is 37.6 Å². The van der Waals surface area contributed by atoms with Crippen LogP contribution in [0.25, 0.3) is 0 Å². The van der Waals surface area contributed by atoms with Crippen LogP contribution < -0.4 is 10.6 Å². The largest absolute Gasteiger partial charge is 0.428 e. The third-order valence-corrected chi connectivity index (χ3v) is 19.3. The summed E-state index contributed by atoms with van der Waals surface area (Å²) in [6.45, 7) is 29.3. The normalized spacial score (nSPS) is 24.9. The first kappa shape index (κ1) is 39.3. The SMILES string of the molecule is C=C1C[C@@H]2[C@@H](/C(C)=C(\C)[C@@H](CCCCCO[SiH3])C(C)(C)C)[C@H](O[Si](C)(C)C(C)(C)C)C[C@@H]2C1OP(=O)(c1ccccc1)c1ccccc1. The molecule has 4 rings (SSSR count). The number of hydrogen-bond donors (Lipinski definition) is 0. The molecule has 2 aliphatic rings. The van der Waals surface area contributed by atoms with E-state index in [0.29, 0.717) is 11.8 Å². The van der Waals surface area contributed by atoms with Crippen molar-refractivity contribution in [2.75, 3.05) is 6.61 Å². The van der Waals surface area contributed by atoms with Gasteiger partial charge >= 0.3 is 0 Å². The molecular weight excluding hydrogens is 644 g/mol. The van der Waals surface area contributed by atoms with E-state index in [0.717, 1.165) is 52.5 Å². The van der Waals surface area contributed by atoms with Crippen molar-refractivity contribution in [2.45, 2.75) is 124 Å². The molecule has 2 fully saturated rings. The third kappa shape index (κ3) is 8.66. The molecule has 2 aromatic rings. The number of fused-ring (bicyclic) bond motifs is 1. The monoisotopic (exact) mass is 708 g/mol. The van der Waals surface area contributed by atoms with Crippen LogP contribution in [0.2, 0.25) is 18.1 Å². The molecule has 0 N–H and O–H groups in total. The highest BCUT2D eigenvalue weighted by molar-refractivity contribution is 7.74. The van der Waals surface area contributed by atoms with Crippen LogP contribution in [0.1, 0.15) is 93.9 Å². The maximum Gasteiger partial charge on any atom is 0.261 e. The van der Waals surface area contributed by atoms with Crippen LogP contribution in [0.5, 0.6) is 0 Å². The summed E-state index contributed by atoms with van der Waals surface area (Å²) in [6.07, 6.45) is 6.38. The lowest BCUT2D eigenvalue weighted by Crippen LogP contribution is -2.45. The van der Waals surface area contributed by atoms with Gasteiger partial charge in [0.2, 0.25) is 0 Å². The molecule has 0 saturated heterocycles. The average Bonchev–Trinajstić information content (AvgIpc) is 3.51. The van der Waals surface area contributed by atoms with Crippen molar-refractivity contribution in [3.8, 4) is 0 Å². The van der Waals surface area contributed by atoms with Crippen molar-refractivity contribution in [2.24, 2.45) is 29.1 Å². The highest BCUT2D eigenvalue weighted by Gasteiger charge is 2.56. The molecular formula is C41H65O4PSi2. The summed E-state index contributed by atoms with van der Waals surface area (Å²) in [5.74, 6) is 1.32. The summed E-state index contributed by atoms with van der Waals surface area (Å²) < 4.78 is 35.0. The Balaban J connectivity index is 1.74. The van der Waals surface area contributed by atoms with Crippen molar-refractivity contribution >= 4 is 36.8 Å². The Hall–Kier alpha value is -1.54. The predicted octanol–water partition coefficient (Wildman–Crippen LogP) is 9.76. The molecule has 0 bridgehead atoms. The minimum atomic E-state index is -3.38. The van der Waals surface area contributed by atoms with Gasteiger partial charge in [0.1, 0.15) is 10.5 Å². The Labute approximate surface area is 297 Å². The lowest BCUT2D eigenvalue weighted by atomic mass is 9.70. The Morgan fingerprint density at radius 1 is 0.917 bits per heavy atom. The van der Waals surface area contributed by atoms with E-state index >= 15 is 4.57 Å². The molecule has 266 valence electrons. The van der Waals surface area contributed by atoms with Crippen molar-refractivity contribution in [3.63, 3.8) is 0 Å². The van der Waals surface area contributed by atoms with E-state index < -0.39 is 15.7 Å². The van der Waals surface area contributed by atoms with Gasteiger partial charge in [0.25, 0.3) is 7.37 Å². The van der Waals surface area contributed by atoms with Gasteiger partial charge in [-0.2, -0.15) is 0 Å². The second-order valence-corrected chi connectivity index (χ2v) is 24.9. The predicted molar refractivity (Wildman–Crippen MR) is 211 cm³/mol. The molecule has 2 aliphatic carbocycles. The van der Waals surface area contributed by atoms with Crippen molar-refractivity contribution < 1.29 is 17.9 Å². The van der Waals surface area contributed by atoms with Crippen LogP contribution in [0, 0.1) is 29.1 Å². The molecule has 2 aromatic carbocycles. The van der Waals surface area contributed by atoms with E-state index in [1.807, 2.05) is 60.7 Å². The second kappa shape index (κ2) is 15.8. The van der Waals surface area contributed by atoms with Crippen LogP contribution in [0.4, 0.5) is 0 Å². The van der Waals surface area contributed by atoms with Gasteiger partial charge in [-0.15, -0.1) is 0 Å². The molecule has 4 nitrogen and oxygen atoms in total. The number of allylic oxidation sites excluding steroid dienone is 1. The summed E-state index contributed by atoms with van der Waals surface area (Å²) in [6, 6.07) is 19.6. The van der Waals surface area contributed by atoms with E-state index in [2.05, 4.69) is 75.1 Å². The number of rotatable bonds is 14. The fourth-order valence-electron chi connectivity index (χ4n) is 8.20. The Morgan fingerprint density at radius 2 is 1.48 bits per heavy atom. The molecule has 0 spiro atoms. The number of hydrogen-bond acceptors (Lipinski definition) is 4. The minimum Gasteiger partial charge on any atom is -0.428 e. The zero-order valence-electron chi connectivity index (χ0n) is 32.0. The first-order chi connectivity index (χ1) is 22.4. The minimum absolute atomic E-state index is 0.106. The molecule has 1 unspecified atom stereocenters. The molecule has 0 aliphatic heterocycles. The van der Waals surface area contributed by atoms with E-state index in [-0.39, 0.29) is 34.5 Å². The lowest BCUT2D eigenvalue weighted by Gasteiger charge is -2.41. The zero-order valence-corrected chi connectivity index (χ0v) is 35.9. The Morgan fingerprint density at radius 3 is 1.98 bits per heavy atom. The fourth-order valence-corrected chi connectivity index (χ4v) is 12.1. The summed E-state index contributed by atoms with van der Waals surface area (Å²) in [5.41, 5.74) is 4.27. The average molecular weight is 709 g/mol. The van der Waals surface area contributed by atoms with Gasteiger partial charge in [0.15, 0.2) is 8.32 Å². The van der Waals surface area contributed by atoms with Gasteiger partial charge < -0.3 is 13.4 Å². The smallest absolute Gasteiger partial charge is 0.261 e. The van der Waals surface area contributed by atoms with Gasteiger partial charge in [-0.1, -0.05) is 109 Å². The fraction of sp³-hybridized carbons (Fsp3) is 0.610. The van der Waals surface area contributed by atoms with E-state index in [1.54, 1.807) is 0 Å². The van der Waals surface area contributed by atoms with Crippen LogP contribution in [0.15, 0.2) is 84.0 Å². The van der Waals surface area contributed by atoms with E-state index in [9.17, 15) is 0 Å². The second-order valence-electron chi connectivity index (χ2n) is 17.2. The first-order valence-corrected chi connectivity index (χ1v) is 23.7. The quantitative estimate of drug-likeness (QED) is 0.0849. The van der Waals surface area contributed by atoms with Gasteiger partial charge in [-0.05, 0) is 111 Å². The van der Waals surface area contributed by atoms with Crippen molar-refractivity contribution in [3.05, 3.63) is 84.0 Å². The first-order valence-electron chi connectivity index (χ1n) is 18.3. The Kier molecular flexibility index (Phi) is 12.9. The van der Waals surface area contributed by atoms with Crippen molar-refractivity contribution in [1.29, 1.82) is 0 Å². The van der Waals surface area contributed by atoms with Crippen molar-refractivity contribution in [1.82, 2.24) is 0 Å². The van der Waals surface area contributed by atoms with Crippen LogP contribution >= 0.6 is 7.37 Å².